The molecule has 0 unspecified atom stereocenters. The van der Waals surface area contributed by atoms with Gasteiger partial charge in [0.1, 0.15) is 12.1 Å². The third-order valence-electron chi connectivity index (χ3n) is 6.27. The third-order valence-corrected chi connectivity index (χ3v) is 6.27. The number of nitro benzene ring substituents is 1. The fourth-order valence-electron chi connectivity index (χ4n) is 4.81. The number of hydrogen-bond acceptors (Lipinski definition) is 4. The number of hydrogen-bond donors (Lipinski definition) is 1. The molecule has 8 heteroatoms. The zero-order valence-electron chi connectivity index (χ0n) is 17.1. The van der Waals surface area contributed by atoms with Crippen LogP contribution in [0.4, 0.5) is 10.5 Å². The number of carbonyl (C=O) groups excluding carboxylic acids is 2. The van der Waals surface area contributed by atoms with Gasteiger partial charge in [-0.1, -0.05) is 43.7 Å². The lowest BCUT2D eigenvalue weighted by molar-refractivity contribution is -0.384. The summed E-state index contributed by atoms with van der Waals surface area (Å²) in [5.74, 6) is -0.190. The number of nitrogens with one attached hydrogen (secondary N) is 1. The monoisotopic (exact) mass is 418 g/mol. The average molecular weight is 418 g/mol. The zero-order valence-corrected chi connectivity index (χ0v) is 17.1. The molecule has 0 saturated carbocycles. The van der Waals surface area contributed by atoms with E-state index < -0.39 is 17.0 Å². The van der Waals surface area contributed by atoms with Crippen LogP contribution < -0.4 is 0 Å². The lowest BCUT2D eigenvalue weighted by Crippen LogP contribution is -2.44. The van der Waals surface area contributed by atoms with Crippen LogP contribution in [0.5, 0.6) is 0 Å². The number of nitro groups is 1. The molecule has 2 atom stereocenters. The molecule has 0 bridgehead atoms. The number of urea groups is 1. The van der Waals surface area contributed by atoms with Crippen LogP contribution in [-0.2, 0) is 11.2 Å². The van der Waals surface area contributed by atoms with Crippen LogP contribution in [0.1, 0.15) is 42.6 Å². The first-order valence-corrected chi connectivity index (χ1v) is 10.5. The summed E-state index contributed by atoms with van der Waals surface area (Å²) < 4.78 is 0. The Morgan fingerprint density at radius 1 is 1.16 bits per heavy atom. The Hall–Kier alpha value is -3.68. The second kappa shape index (κ2) is 7.23. The van der Waals surface area contributed by atoms with E-state index in [2.05, 4.69) is 4.98 Å². The first kappa shape index (κ1) is 19.3. The molecule has 1 fully saturated rings. The summed E-state index contributed by atoms with van der Waals surface area (Å²) in [5, 5.41) is 12.4. The van der Waals surface area contributed by atoms with Crippen molar-refractivity contribution in [2.75, 3.05) is 6.54 Å². The summed E-state index contributed by atoms with van der Waals surface area (Å²) in [6.07, 6.45) is 2.05. The van der Waals surface area contributed by atoms with Crippen molar-refractivity contribution in [2.24, 2.45) is 0 Å². The maximum Gasteiger partial charge on any atom is 0.328 e. The van der Waals surface area contributed by atoms with Crippen molar-refractivity contribution in [3.05, 3.63) is 75.5 Å². The molecule has 2 aliphatic rings. The van der Waals surface area contributed by atoms with Crippen molar-refractivity contribution in [2.45, 2.75) is 38.3 Å². The van der Waals surface area contributed by atoms with Crippen LogP contribution in [0.25, 0.3) is 10.9 Å². The van der Waals surface area contributed by atoms with E-state index in [0.29, 0.717) is 18.5 Å². The number of amides is 3. The molecule has 2 aromatic carbocycles. The molecule has 1 aromatic heterocycles. The number of carbonyl (C=O) groups is 2. The molecule has 3 aromatic rings. The number of unbranched alkanes of at least 4 members (excludes halogenated alkanes) is 1. The van der Waals surface area contributed by atoms with Gasteiger partial charge in [-0.05, 0) is 23.6 Å². The van der Waals surface area contributed by atoms with Crippen molar-refractivity contribution in [3.8, 4) is 0 Å². The van der Waals surface area contributed by atoms with Crippen LogP contribution in [-0.4, -0.2) is 44.2 Å². The smallest absolute Gasteiger partial charge is 0.328 e. The normalized spacial score (nSPS) is 20.3. The van der Waals surface area contributed by atoms with Crippen LogP contribution >= 0.6 is 0 Å². The molecule has 0 aliphatic carbocycles. The maximum atomic E-state index is 13.4. The second-order valence-electron chi connectivity index (χ2n) is 8.07. The van der Waals surface area contributed by atoms with Gasteiger partial charge < -0.3 is 4.98 Å². The highest BCUT2D eigenvalue weighted by Crippen LogP contribution is 2.44. The van der Waals surface area contributed by atoms with E-state index >= 15 is 0 Å². The number of aromatic amines is 1. The van der Waals surface area contributed by atoms with Crippen molar-refractivity contribution in [1.82, 2.24) is 14.8 Å². The van der Waals surface area contributed by atoms with Gasteiger partial charge in [0.2, 0.25) is 0 Å². The van der Waals surface area contributed by atoms with E-state index in [-0.39, 0.29) is 17.6 Å². The van der Waals surface area contributed by atoms with Crippen molar-refractivity contribution >= 4 is 28.5 Å². The minimum absolute atomic E-state index is 0.0434. The average Bonchev–Trinajstić information content (AvgIpc) is 3.26. The van der Waals surface area contributed by atoms with Crippen molar-refractivity contribution in [1.29, 1.82) is 0 Å². The molecule has 2 aliphatic heterocycles. The standard InChI is InChI=1S/C23H22N4O4/c1-2-3-11-25-22(28)19-13-17-16-9-4-5-10-18(16)24-20(17)21(26(19)23(25)29)14-7-6-8-15(12-14)27(30)31/h4-10,12,19,21,24H,2-3,11,13H2,1H3/t19-,21+/m0/s1. The predicted octanol–water partition coefficient (Wildman–Crippen LogP) is 4.15. The Morgan fingerprint density at radius 2 is 1.97 bits per heavy atom. The lowest BCUT2D eigenvalue weighted by Gasteiger charge is -2.36. The highest BCUT2D eigenvalue weighted by Gasteiger charge is 2.52. The number of benzene rings is 2. The highest BCUT2D eigenvalue weighted by atomic mass is 16.6. The Labute approximate surface area is 178 Å². The fraction of sp³-hybridized carbons (Fsp3) is 0.304. The molecule has 5 rings (SSSR count). The van der Waals surface area contributed by atoms with E-state index in [1.165, 1.54) is 17.0 Å². The molecule has 1 saturated heterocycles. The molecular formula is C23H22N4O4. The second-order valence-corrected chi connectivity index (χ2v) is 8.07. The summed E-state index contributed by atoms with van der Waals surface area (Å²) in [7, 11) is 0. The summed E-state index contributed by atoms with van der Waals surface area (Å²) in [6, 6.07) is 12.6. The van der Waals surface area contributed by atoms with Gasteiger partial charge in [0.05, 0.1) is 4.92 Å². The number of H-pyrrole nitrogens is 1. The Bertz CT molecular complexity index is 1220. The van der Waals surface area contributed by atoms with Crippen LogP contribution in [0.3, 0.4) is 0 Å². The topological polar surface area (TPSA) is 99.5 Å². The van der Waals surface area contributed by atoms with Gasteiger partial charge in [0.25, 0.3) is 11.6 Å². The highest BCUT2D eigenvalue weighted by molar-refractivity contribution is 6.05. The number of imide groups is 1. The molecule has 3 heterocycles. The maximum absolute atomic E-state index is 13.4. The van der Waals surface area contributed by atoms with Gasteiger partial charge >= 0.3 is 6.03 Å². The van der Waals surface area contributed by atoms with Crippen LogP contribution in [0, 0.1) is 10.1 Å². The van der Waals surface area contributed by atoms with Crippen molar-refractivity contribution < 1.29 is 14.5 Å². The first-order chi connectivity index (χ1) is 15.0. The van der Waals surface area contributed by atoms with Gasteiger partial charge in [-0.25, -0.2) is 4.79 Å². The van der Waals surface area contributed by atoms with Crippen LogP contribution in [0.2, 0.25) is 0 Å². The zero-order chi connectivity index (χ0) is 21.7. The molecule has 8 nitrogen and oxygen atoms in total. The van der Waals surface area contributed by atoms with E-state index in [1.54, 1.807) is 17.0 Å². The minimum Gasteiger partial charge on any atom is -0.356 e. The number of aromatic nitrogens is 1. The fourth-order valence-corrected chi connectivity index (χ4v) is 4.81. The lowest BCUT2D eigenvalue weighted by atomic mass is 9.88. The molecule has 0 spiro atoms. The number of nitrogens with zero attached hydrogens (tertiary/aromatic N) is 3. The first-order valence-electron chi connectivity index (χ1n) is 10.5. The third kappa shape index (κ3) is 2.90. The molecule has 158 valence electrons. The van der Waals surface area contributed by atoms with Crippen molar-refractivity contribution in [3.63, 3.8) is 0 Å². The Balaban J connectivity index is 1.69. The van der Waals surface area contributed by atoms with E-state index in [9.17, 15) is 19.7 Å². The van der Waals surface area contributed by atoms with Gasteiger partial charge in [0.15, 0.2) is 0 Å². The quantitative estimate of drug-likeness (QED) is 0.382. The van der Waals surface area contributed by atoms with E-state index in [1.807, 2.05) is 31.2 Å². The predicted molar refractivity (Wildman–Crippen MR) is 115 cm³/mol. The Kier molecular flexibility index (Phi) is 4.50. The molecule has 1 N–H and O–H groups in total. The molecule has 3 amide bonds. The molecular weight excluding hydrogens is 396 g/mol. The van der Waals surface area contributed by atoms with Crippen LogP contribution in [0.15, 0.2) is 48.5 Å². The van der Waals surface area contributed by atoms with Gasteiger partial charge in [-0.2, -0.15) is 0 Å². The van der Waals surface area contributed by atoms with Gasteiger partial charge in [-0.15, -0.1) is 0 Å². The molecule has 31 heavy (non-hydrogen) atoms. The van der Waals surface area contributed by atoms with E-state index in [0.717, 1.165) is 35.0 Å². The minimum atomic E-state index is -0.611. The summed E-state index contributed by atoms with van der Waals surface area (Å²) in [4.78, 5) is 43.9. The molecule has 0 radical (unpaired) electrons. The summed E-state index contributed by atoms with van der Waals surface area (Å²) in [6.45, 7) is 2.40. The summed E-state index contributed by atoms with van der Waals surface area (Å²) >= 11 is 0. The Morgan fingerprint density at radius 3 is 2.74 bits per heavy atom. The largest absolute Gasteiger partial charge is 0.356 e. The number of para-hydroxylation sites is 1. The van der Waals surface area contributed by atoms with Gasteiger partial charge in [0, 0.05) is 41.7 Å². The number of non-ortho nitro benzene ring substituents is 1. The van der Waals surface area contributed by atoms with Gasteiger partial charge in [-0.3, -0.25) is 24.7 Å². The SMILES string of the molecule is CCCCN1C(=O)[C@@H]2Cc3c([nH]c4ccccc34)[C@@H](c3cccc([N+](=O)[O-])c3)N2C1=O. The van der Waals surface area contributed by atoms with E-state index in [4.69, 9.17) is 0 Å². The summed E-state index contributed by atoms with van der Waals surface area (Å²) in [5.41, 5.74) is 3.30. The number of fused-ring (bicyclic) bond motifs is 4. The number of rotatable bonds is 5.